The minimum Gasteiger partial charge on any atom is -0.384 e. The molecule has 0 aliphatic rings. The molecule has 0 radical (unpaired) electrons. The fourth-order valence-electron chi connectivity index (χ4n) is 0.394. The Labute approximate surface area is 59.1 Å². The molecule has 54 valence electrons. The van der Waals surface area contributed by atoms with Gasteiger partial charge in [0.2, 0.25) is 0 Å². The van der Waals surface area contributed by atoms with E-state index in [1.165, 1.54) is 7.11 Å². The first-order chi connectivity index (χ1) is 4.22. The van der Waals surface area contributed by atoms with E-state index in [9.17, 15) is 4.79 Å². The average Bonchev–Trinajstić information content (AvgIpc) is 1.87. The lowest BCUT2D eigenvalue weighted by molar-refractivity contribution is -0.139. The normalized spacial score (nSPS) is 12.8. The van der Waals surface area contributed by atoms with Crippen molar-refractivity contribution in [3.8, 4) is 0 Å². The number of halogens is 1. The second-order valence-corrected chi connectivity index (χ2v) is 1.91. The van der Waals surface area contributed by atoms with E-state index in [2.05, 4.69) is 9.03 Å². The molecule has 3 nitrogen and oxygen atoms in total. The lowest BCUT2D eigenvalue weighted by atomic mass is 10.2. The Morgan fingerprint density at radius 2 is 2.33 bits per heavy atom. The van der Waals surface area contributed by atoms with Gasteiger partial charge in [-0.15, -0.1) is 0 Å². The summed E-state index contributed by atoms with van der Waals surface area (Å²) in [5.74, 6) is -0.744. The molecule has 0 aromatic heterocycles. The minimum absolute atomic E-state index is 0.285. The van der Waals surface area contributed by atoms with E-state index in [0.717, 1.165) is 0 Å². The van der Waals surface area contributed by atoms with Crippen LogP contribution in [0.4, 0.5) is 0 Å². The number of hydrogen-bond donors (Lipinski definition) is 0. The summed E-state index contributed by atoms with van der Waals surface area (Å²) in [5.41, 5.74) is 0. The van der Waals surface area contributed by atoms with Gasteiger partial charge in [-0.25, -0.2) is 0 Å². The summed E-state index contributed by atoms with van der Waals surface area (Å²) >= 11 is 4.78. The number of methoxy groups -OCH3 is 1. The van der Waals surface area contributed by atoms with Crippen molar-refractivity contribution < 1.29 is 13.8 Å². The van der Waals surface area contributed by atoms with Crippen LogP contribution in [0.5, 0.6) is 0 Å². The third-order valence-corrected chi connectivity index (χ3v) is 1.05. The standard InChI is InChI=1S/C5H9ClO3/c1-4(3-8-2)5(7)9-6/h4H,3H2,1-2H3. The summed E-state index contributed by atoms with van der Waals surface area (Å²) in [7, 11) is 1.51. The highest BCUT2D eigenvalue weighted by molar-refractivity contribution is 6.13. The van der Waals surface area contributed by atoms with Gasteiger partial charge < -0.3 is 9.03 Å². The van der Waals surface area contributed by atoms with E-state index in [-0.39, 0.29) is 5.92 Å². The highest BCUT2D eigenvalue weighted by Gasteiger charge is 2.12. The molecule has 4 heteroatoms. The van der Waals surface area contributed by atoms with Crippen LogP contribution in [-0.4, -0.2) is 19.7 Å². The molecule has 0 bridgehead atoms. The van der Waals surface area contributed by atoms with Gasteiger partial charge in [-0.3, -0.25) is 4.79 Å². The first-order valence-corrected chi connectivity index (χ1v) is 2.84. The highest BCUT2D eigenvalue weighted by Crippen LogP contribution is 1.99. The Hall–Kier alpha value is -0.280. The topological polar surface area (TPSA) is 35.5 Å². The molecule has 1 atom stereocenters. The van der Waals surface area contributed by atoms with Gasteiger partial charge in [-0.05, 0) is 6.92 Å². The smallest absolute Gasteiger partial charge is 0.329 e. The van der Waals surface area contributed by atoms with Crippen LogP contribution in [0.15, 0.2) is 0 Å². The van der Waals surface area contributed by atoms with E-state index < -0.39 is 5.97 Å². The molecule has 0 spiro atoms. The molecule has 0 rings (SSSR count). The van der Waals surface area contributed by atoms with E-state index >= 15 is 0 Å². The van der Waals surface area contributed by atoms with Crippen LogP contribution in [0.2, 0.25) is 0 Å². The quantitative estimate of drug-likeness (QED) is 0.605. The fraction of sp³-hybridized carbons (Fsp3) is 0.800. The van der Waals surface area contributed by atoms with E-state index in [1.54, 1.807) is 6.92 Å². The van der Waals surface area contributed by atoms with Crippen molar-refractivity contribution in [2.75, 3.05) is 13.7 Å². The van der Waals surface area contributed by atoms with Gasteiger partial charge in [-0.2, -0.15) is 0 Å². The van der Waals surface area contributed by atoms with Gasteiger partial charge in [0.05, 0.1) is 12.5 Å². The Kier molecular flexibility index (Phi) is 4.44. The number of carbonyl (C=O) groups excluding carboxylic acids is 1. The molecular formula is C5H9ClO3. The van der Waals surface area contributed by atoms with Crippen molar-refractivity contribution in [1.82, 2.24) is 0 Å². The van der Waals surface area contributed by atoms with Gasteiger partial charge in [0.1, 0.15) is 11.9 Å². The lowest BCUT2D eigenvalue weighted by Crippen LogP contribution is -2.15. The Bertz CT molecular complexity index is 94.2. The van der Waals surface area contributed by atoms with Gasteiger partial charge in [-0.1, -0.05) is 0 Å². The molecule has 0 N–H and O–H groups in total. The van der Waals surface area contributed by atoms with Crippen molar-refractivity contribution in [3.05, 3.63) is 0 Å². The summed E-state index contributed by atoms with van der Waals surface area (Å²) in [4.78, 5) is 10.5. The van der Waals surface area contributed by atoms with Crippen LogP contribution in [0.1, 0.15) is 6.92 Å². The number of ether oxygens (including phenoxy) is 1. The zero-order chi connectivity index (χ0) is 7.28. The first-order valence-electron chi connectivity index (χ1n) is 2.53. The van der Waals surface area contributed by atoms with Gasteiger partial charge in [0, 0.05) is 7.11 Å². The monoisotopic (exact) mass is 152 g/mol. The van der Waals surface area contributed by atoms with Crippen molar-refractivity contribution in [1.29, 1.82) is 0 Å². The molecule has 0 fully saturated rings. The zero-order valence-electron chi connectivity index (χ0n) is 5.39. The van der Waals surface area contributed by atoms with Crippen LogP contribution < -0.4 is 0 Å². The number of carbonyl (C=O) groups is 1. The maximum atomic E-state index is 10.5. The van der Waals surface area contributed by atoms with Crippen LogP contribution >= 0.6 is 11.9 Å². The van der Waals surface area contributed by atoms with Crippen molar-refractivity contribution >= 4 is 17.8 Å². The lowest BCUT2D eigenvalue weighted by Gasteiger charge is -2.03. The molecule has 0 saturated carbocycles. The largest absolute Gasteiger partial charge is 0.384 e. The van der Waals surface area contributed by atoms with Crippen LogP contribution in [0.25, 0.3) is 0 Å². The molecular weight excluding hydrogens is 144 g/mol. The molecule has 0 heterocycles. The molecule has 0 aromatic rings. The Morgan fingerprint density at radius 1 is 1.78 bits per heavy atom. The maximum Gasteiger partial charge on any atom is 0.329 e. The van der Waals surface area contributed by atoms with Gasteiger partial charge in [0.25, 0.3) is 0 Å². The average molecular weight is 153 g/mol. The summed E-state index contributed by atoms with van der Waals surface area (Å²) in [6, 6.07) is 0. The first kappa shape index (κ1) is 8.72. The third-order valence-electron chi connectivity index (χ3n) is 0.895. The second kappa shape index (κ2) is 4.58. The second-order valence-electron chi connectivity index (χ2n) is 1.75. The SMILES string of the molecule is COCC(C)C(=O)OCl. The highest BCUT2D eigenvalue weighted by atomic mass is 35.5. The molecule has 0 saturated heterocycles. The molecule has 1 unspecified atom stereocenters. The predicted octanol–water partition coefficient (Wildman–Crippen LogP) is 0.966. The Morgan fingerprint density at radius 3 is 2.67 bits per heavy atom. The van der Waals surface area contributed by atoms with Gasteiger partial charge in [0.15, 0.2) is 0 Å². The van der Waals surface area contributed by atoms with Crippen molar-refractivity contribution in [2.24, 2.45) is 5.92 Å². The van der Waals surface area contributed by atoms with Crippen LogP contribution in [0, 0.1) is 5.92 Å². The van der Waals surface area contributed by atoms with E-state index in [4.69, 9.17) is 11.9 Å². The number of hydrogen-bond acceptors (Lipinski definition) is 3. The summed E-state index contributed by atoms with van der Waals surface area (Å²) in [5, 5.41) is 0. The Balaban J connectivity index is 3.45. The van der Waals surface area contributed by atoms with Crippen molar-refractivity contribution in [3.63, 3.8) is 0 Å². The van der Waals surface area contributed by atoms with E-state index in [1.807, 2.05) is 0 Å². The third kappa shape index (κ3) is 3.32. The molecule has 0 aromatic carbocycles. The maximum absolute atomic E-state index is 10.5. The van der Waals surface area contributed by atoms with Gasteiger partial charge >= 0.3 is 5.97 Å². The molecule has 0 aliphatic carbocycles. The summed E-state index contributed by atoms with van der Waals surface area (Å²) in [6.45, 7) is 2.01. The summed E-state index contributed by atoms with van der Waals surface area (Å²) in [6.07, 6.45) is 0. The summed E-state index contributed by atoms with van der Waals surface area (Å²) < 4.78 is 8.58. The van der Waals surface area contributed by atoms with Crippen LogP contribution in [0.3, 0.4) is 0 Å². The molecule has 9 heavy (non-hydrogen) atoms. The fourth-order valence-corrected chi connectivity index (χ4v) is 0.546. The molecule has 0 aliphatic heterocycles. The number of rotatable bonds is 3. The van der Waals surface area contributed by atoms with Crippen molar-refractivity contribution in [2.45, 2.75) is 6.92 Å². The van der Waals surface area contributed by atoms with Crippen LogP contribution in [-0.2, 0) is 13.8 Å². The predicted molar refractivity (Wildman–Crippen MR) is 33.0 cm³/mol. The zero-order valence-corrected chi connectivity index (χ0v) is 6.14. The molecule has 0 amide bonds. The minimum atomic E-state index is -0.460. The van der Waals surface area contributed by atoms with E-state index in [0.29, 0.717) is 6.61 Å².